The standard InChI is InChI=1S/C29H31FN4O4Si/c1-33-25-16-21(38-27-11-7-10-26(32-27)37-19-36-14-15-39(2,3)4)12-13-22(25)23-17-31-34(29(35)28(23)33)18-20-8-5-6-9-24(20)30/h5-13,16-17H,14-15,18-19H2,1-4H3. The van der Waals surface area contributed by atoms with Gasteiger partial charge in [-0.2, -0.15) is 10.1 Å². The summed E-state index contributed by atoms with van der Waals surface area (Å²) in [5.41, 5.74) is 1.39. The van der Waals surface area contributed by atoms with E-state index in [0.29, 0.717) is 35.2 Å². The molecule has 0 fully saturated rings. The lowest BCUT2D eigenvalue weighted by Gasteiger charge is -2.15. The largest absolute Gasteiger partial charge is 0.450 e. The Bertz CT molecular complexity index is 1690. The Labute approximate surface area is 226 Å². The molecule has 10 heteroatoms. The first kappa shape index (κ1) is 26.6. The molecule has 0 spiro atoms. The predicted octanol–water partition coefficient (Wildman–Crippen LogP) is 5.95. The minimum atomic E-state index is -1.15. The summed E-state index contributed by atoms with van der Waals surface area (Å²) in [4.78, 5) is 17.7. The SMILES string of the molecule is Cn1c2cc(Oc3cccc(OCOCC[Si](C)(C)C)n3)ccc2c2cnn(Cc3ccccc3F)c(=O)c21. The molecule has 3 aromatic heterocycles. The van der Waals surface area contributed by atoms with E-state index >= 15 is 0 Å². The second-order valence-electron chi connectivity index (χ2n) is 10.6. The Kier molecular flexibility index (Phi) is 7.49. The van der Waals surface area contributed by atoms with Gasteiger partial charge in [-0.05, 0) is 24.2 Å². The molecule has 5 aromatic rings. The summed E-state index contributed by atoms with van der Waals surface area (Å²) in [5, 5.41) is 5.90. The normalized spacial score (nSPS) is 11.8. The third-order valence-corrected chi connectivity index (χ3v) is 8.16. The number of hydrogen-bond acceptors (Lipinski definition) is 6. The van der Waals surface area contributed by atoms with Crippen LogP contribution in [0.15, 0.2) is 71.7 Å². The maximum Gasteiger partial charge on any atom is 0.291 e. The Balaban J connectivity index is 1.35. The average Bonchev–Trinajstić information content (AvgIpc) is 3.18. The quantitative estimate of drug-likeness (QED) is 0.122. The van der Waals surface area contributed by atoms with Crippen molar-refractivity contribution in [3.63, 3.8) is 0 Å². The summed E-state index contributed by atoms with van der Waals surface area (Å²) >= 11 is 0. The van der Waals surface area contributed by atoms with Crippen molar-refractivity contribution in [2.45, 2.75) is 32.2 Å². The minimum absolute atomic E-state index is 0.0464. The second-order valence-corrected chi connectivity index (χ2v) is 16.2. The number of aromatic nitrogens is 4. The molecule has 0 radical (unpaired) electrons. The topological polar surface area (TPSA) is 80.4 Å². The van der Waals surface area contributed by atoms with Crippen molar-refractivity contribution in [2.75, 3.05) is 13.4 Å². The van der Waals surface area contributed by atoms with Gasteiger partial charge in [0.1, 0.15) is 17.1 Å². The molecule has 2 aromatic carbocycles. The molecule has 39 heavy (non-hydrogen) atoms. The van der Waals surface area contributed by atoms with E-state index in [1.165, 1.54) is 10.7 Å². The number of nitrogens with zero attached hydrogens (tertiary/aromatic N) is 4. The van der Waals surface area contributed by atoms with E-state index < -0.39 is 8.07 Å². The number of hydrogen-bond donors (Lipinski definition) is 0. The molecule has 5 rings (SSSR count). The van der Waals surface area contributed by atoms with Crippen LogP contribution in [-0.2, 0) is 18.3 Å². The van der Waals surface area contributed by atoms with Crippen molar-refractivity contribution < 1.29 is 18.6 Å². The van der Waals surface area contributed by atoms with Crippen molar-refractivity contribution >= 4 is 29.9 Å². The third-order valence-electron chi connectivity index (χ3n) is 6.46. The molecule has 3 heterocycles. The molecule has 0 aliphatic carbocycles. The maximum atomic E-state index is 14.2. The zero-order chi connectivity index (χ0) is 27.6. The molecular formula is C29H31FN4O4Si. The fourth-order valence-electron chi connectivity index (χ4n) is 4.29. The molecule has 202 valence electrons. The van der Waals surface area contributed by atoms with Crippen LogP contribution in [0.1, 0.15) is 5.56 Å². The maximum absolute atomic E-state index is 14.2. The Morgan fingerprint density at radius 2 is 1.77 bits per heavy atom. The van der Waals surface area contributed by atoms with Gasteiger partial charge in [-0.15, -0.1) is 0 Å². The lowest BCUT2D eigenvalue weighted by Crippen LogP contribution is -2.24. The van der Waals surface area contributed by atoms with Crippen molar-refractivity contribution in [3.8, 4) is 17.5 Å². The smallest absolute Gasteiger partial charge is 0.291 e. The Morgan fingerprint density at radius 3 is 2.56 bits per heavy atom. The minimum Gasteiger partial charge on any atom is -0.450 e. The van der Waals surface area contributed by atoms with Crippen LogP contribution in [0.25, 0.3) is 21.8 Å². The van der Waals surface area contributed by atoms with E-state index in [9.17, 15) is 9.18 Å². The van der Waals surface area contributed by atoms with E-state index in [0.717, 1.165) is 22.3 Å². The second kappa shape index (κ2) is 11.0. The summed E-state index contributed by atoms with van der Waals surface area (Å²) < 4.78 is 34.5. The highest BCUT2D eigenvalue weighted by Crippen LogP contribution is 2.31. The summed E-state index contributed by atoms with van der Waals surface area (Å²) in [6, 6.07) is 18.3. The van der Waals surface area contributed by atoms with Crippen molar-refractivity contribution in [1.82, 2.24) is 19.3 Å². The van der Waals surface area contributed by atoms with Gasteiger partial charge in [-0.3, -0.25) is 4.79 Å². The third kappa shape index (κ3) is 6.02. The van der Waals surface area contributed by atoms with Crippen LogP contribution in [0.5, 0.6) is 17.5 Å². The van der Waals surface area contributed by atoms with Crippen molar-refractivity contribution in [1.29, 1.82) is 0 Å². The first-order chi connectivity index (χ1) is 18.7. The lowest BCUT2D eigenvalue weighted by atomic mass is 10.2. The van der Waals surface area contributed by atoms with E-state index in [4.69, 9.17) is 14.2 Å². The van der Waals surface area contributed by atoms with E-state index in [1.54, 1.807) is 42.6 Å². The van der Waals surface area contributed by atoms with E-state index in [1.807, 2.05) is 29.8 Å². The summed E-state index contributed by atoms with van der Waals surface area (Å²) in [7, 11) is 0.666. The van der Waals surface area contributed by atoms with Gasteiger partial charge in [-0.25, -0.2) is 9.07 Å². The zero-order valence-electron chi connectivity index (χ0n) is 22.5. The van der Waals surface area contributed by atoms with Gasteiger partial charge in [0.05, 0.1) is 18.3 Å². The van der Waals surface area contributed by atoms with Crippen LogP contribution in [0.3, 0.4) is 0 Å². The predicted molar refractivity (Wildman–Crippen MR) is 152 cm³/mol. The van der Waals surface area contributed by atoms with Gasteiger partial charge in [0.2, 0.25) is 11.8 Å². The van der Waals surface area contributed by atoms with Gasteiger partial charge in [0.15, 0.2) is 6.79 Å². The zero-order valence-corrected chi connectivity index (χ0v) is 23.5. The average molecular weight is 547 g/mol. The Morgan fingerprint density at radius 1 is 0.974 bits per heavy atom. The van der Waals surface area contributed by atoms with Gasteiger partial charge < -0.3 is 18.8 Å². The van der Waals surface area contributed by atoms with Crippen LogP contribution < -0.4 is 15.0 Å². The molecule has 8 nitrogen and oxygen atoms in total. The Hall–Kier alpha value is -4.02. The lowest BCUT2D eigenvalue weighted by molar-refractivity contribution is 0.0191. The van der Waals surface area contributed by atoms with Gasteiger partial charge >= 0.3 is 0 Å². The molecule has 0 saturated carbocycles. The van der Waals surface area contributed by atoms with Crippen LogP contribution >= 0.6 is 0 Å². The van der Waals surface area contributed by atoms with Crippen LogP contribution in [-0.4, -0.2) is 40.8 Å². The molecule has 0 bridgehead atoms. The highest BCUT2D eigenvalue weighted by molar-refractivity contribution is 6.76. The molecule has 0 saturated heterocycles. The van der Waals surface area contributed by atoms with Gasteiger partial charge in [0.25, 0.3) is 5.56 Å². The number of rotatable bonds is 10. The monoisotopic (exact) mass is 546 g/mol. The van der Waals surface area contributed by atoms with Crippen molar-refractivity contribution in [2.24, 2.45) is 7.05 Å². The number of fused-ring (bicyclic) bond motifs is 3. The molecule has 0 amide bonds. The first-order valence-corrected chi connectivity index (χ1v) is 16.5. The fourth-order valence-corrected chi connectivity index (χ4v) is 5.05. The molecule has 0 N–H and O–H groups in total. The van der Waals surface area contributed by atoms with Gasteiger partial charge in [0, 0.05) is 56.3 Å². The van der Waals surface area contributed by atoms with E-state index in [2.05, 4.69) is 29.7 Å². The molecule has 0 atom stereocenters. The summed E-state index contributed by atoms with van der Waals surface area (Å²) in [5.74, 6) is 0.973. The molecular weight excluding hydrogens is 515 g/mol. The summed E-state index contributed by atoms with van der Waals surface area (Å²) in [6.07, 6.45) is 1.65. The highest BCUT2D eigenvalue weighted by atomic mass is 28.3. The molecule has 0 aliphatic heterocycles. The highest BCUT2D eigenvalue weighted by Gasteiger charge is 2.16. The van der Waals surface area contributed by atoms with Crippen LogP contribution in [0, 0.1) is 5.82 Å². The molecule has 0 aliphatic rings. The summed E-state index contributed by atoms with van der Waals surface area (Å²) in [6.45, 7) is 7.75. The van der Waals surface area contributed by atoms with Gasteiger partial charge in [-0.1, -0.05) is 43.9 Å². The number of aryl methyl sites for hydroxylation is 1. The first-order valence-electron chi connectivity index (χ1n) is 12.8. The number of halogens is 1. The number of pyridine rings is 1. The van der Waals surface area contributed by atoms with Crippen molar-refractivity contribution in [3.05, 3.63) is 88.6 Å². The van der Waals surface area contributed by atoms with Crippen LogP contribution in [0.2, 0.25) is 25.7 Å². The number of benzene rings is 2. The fraction of sp³-hybridized carbons (Fsp3) is 0.276. The molecule has 0 unspecified atom stereocenters. The van der Waals surface area contributed by atoms with Crippen LogP contribution in [0.4, 0.5) is 4.39 Å². The van der Waals surface area contributed by atoms with E-state index in [-0.39, 0.29) is 24.7 Å². The number of ether oxygens (including phenoxy) is 3.